The second kappa shape index (κ2) is 10.9. The summed E-state index contributed by atoms with van der Waals surface area (Å²) >= 11 is 0. The lowest BCUT2D eigenvalue weighted by Gasteiger charge is -2.34. The number of piperazine rings is 1. The highest BCUT2D eigenvalue weighted by atomic mass is 35.5. The topological polar surface area (TPSA) is 33.7 Å². The summed E-state index contributed by atoms with van der Waals surface area (Å²) in [5.74, 6) is 1.08. The molecule has 4 nitrogen and oxygen atoms in total. The van der Waals surface area contributed by atoms with Gasteiger partial charge in [-0.2, -0.15) is 0 Å². The third-order valence-corrected chi connectivity index (χ3v) is 3.61. The molecule has 0 radical (unpaired) electrons. The highest BCUT2D eigenvalue weighted by Crippen LogP contribution is 2.34. The van der Waals surface area contributed by atoms with Gasteiger partial charge in [0, 0.05) is 26.2 Å². The van der Waals surface area contributed by atoms with E-state index < -0.39 is 12.5 Å². The van der Waals surface area contributed by atoms with Crippen LogP contribution < -0.4 is 14.8 Å². The van der Waals surface area contributed by atoms with Gasteiger partial charge in [0.1, 0.15) is 0 Å². The Kier molecular flexibility index (Phi) is 10.5. The van der Waals surface area contributed by atoms with E-state index in [1.807, 2.05) is 11.8 Å². The number of nitrogens with one attached hydrogen (secondary N) is 1. The van der Waals surface area contributed by atoms with Crippen LogP contribution in [0.2, 0.25) is 0 Å². The molecule has 1 aliphatic rings. The van der Waals surface area contributed by atoms with Crippen molar-refractivity contribution in [3.63, 3.8) is 0 Å². The summed E-state index contributed by atoms with van der Waals surface area (Å²) in [5.41, 5.74) is 0.562. The highest BCUT2D eigenvalue weighted by Gasteiger charge is 2.30. The third-order valence-electron chi connectivity index (χ3n) is 3.61. The van der Waals surface area contributed by atoms with Crippen LogP contribution in [0, 0.1) is 0 Å². The van der Waals surface area contributed by atoms with E-state index in [1.54, 1.807) is 18.2 Å². The first kappa shape index (κ1) is 22.2. The largest absolute Gasteiger partial charge is 0.493 e. The minimum absolute atomic E-state index is 0. The number of ether oxygens (including phenoxy) is 2. The van der Waals surface area contributed by atoms with E-state index in [1.165, 1.54) is 7.11 Å². The Balaban J connectivity index is 0.00000242. The van der Waals surface area contributed by atoms with Crippen molar-refractivity contribution in [1.29, 1.82) is 0 Å². The van der Waals surface area contributed by atoms with E-state index in [0.717, 1.165) is 13.1 Å². The Morgan fingerprint density at radius 2 is 1.83 bits per heavy atom. The number of hydrogen-bond acceptors (Lipinski definition) is 4. The van der Waals surface area contributed by atoms with Crippen LogP contribution in [0.3, 0.4) is 0 Å². The molecule has 1 saturated heterocycles. The molecule has 1 aromatic carbocycles. The summed E-state index contributed by atoms with van der Waals surface area (Å²) in [6.45, 7) is 5.08. The van der Waals surface area contributed by atoms with Crippen molar-refractivity contribution < 1.29 is 18.3 Å². The summed E-state index contributed by atoms with van der Waals surface area (Å²) in [6, 6.07) is 4.16. The molecular formula is C15H24Cl2F2N2O2. The molecule has 134 valence electrons. The van der Waals surface area contributed by atoms with Crippen molar-refractivity contribution in [3.05, 3.63) is 23.8 Å². The van der Waals surface area contributed by atoms with Gasteiger partial charge >= 0.3 is 0 Å². The molecular weight excluding hydrogens is 349 g/mol. The van der Waals surface area contributed by atoms with E-state index >= 15 is 0 Å². The molecule has 0 bridgehead atoms. The second-order valence-corrected chi connectivity index (χ2v) is 4.91. The third kappa shape index (κ3) is 5.64. The summed E-state index contributed by atoms with van der Waals surface area (Å²) in [5, 5.41) is 3.18. The molecule has 1 N–H and O–H groups in total. The van der Waals surface area contributed by atoms with Crippen molar-refractivity contribution in [1.82, 2.24) is 10.2 Å². The molecule has 0 spiro atoms. The summed E-state index contributed by atoms with van der Waals surface area (Å²) < 4.78 is 37.7. The molecule has 1 heterocycles. The molecule has 1 atom stereocenters. The van der Waals surface area contributed by atoms with Crippen LogP contribution in [0.1, 0.15) is 18.5 Å². The van der Waals surface area contributed by atoms with Gasteiger partial charge in [-0.1, -0.05) is 6.07 Å². The number of halogens is 4. The monoisotopic (exact) mass is 372 g/mol. The van der Waals surface area contributed by atoms with Gasteiger partial charge < -0.3 is 14.8 Å². The molecule has 0 aromatic heterocycles. The molecule has 8 heteroatoms. The Hall–Kier alpha value is -0.820. The zero-order chi connectivity index (χ0) is 15.2. The van der Waals surface area contributed by atoms with Crippen LogP contribution in [0.4, 0.5) is 8.78 Å². The number of benzene rings is 1. The first-order valence-electron chi connectivity index (χ1n) is 7.21. The SMILES string of the molecule is CCOc1ccc([C@@H](C(F)F)N2CCNCC2)cc1OC.Cl.Cl. The summed E-state index contributed by atoms with van der Waals surface area (Å²) in [4.78, 5) is 1.82. The lowest BCUT2D eigenvalue weighted by atomic mass is 10.0. The van der Waals surface area contributed by atoms with Crippen LogP contribution in [-0.4, -0.2) is 51.2 Å². The van der Waals surface area contributed by atoms with Crippen LogP contribution in [0.5, 0.6) is 11.5 Å². The van der Waals surface area contributed by atoms with Crippen molar-refractivity contribution in [2.75, 3.05) is 39.9 Å². The summed E-state index contributed by atoms with van der Waals surface area (Å²) in [6.07, 6.45) is -2.44. The highest BCUT2D eigenvalue weighted by molar-refractivity contribution is 5.85. The van der Waals surface area contributed by atoms with Gasteiger partial charge in [-0.3, -0.25) is 4.90 Å². The average Bonchev–Trinajstić information content (AvgIpc) is 2.50. The quantitative estimate of drug-likeness (QED) is 0.831. The fraction of sp³-hybridized carbons (Fsp3) is 0.600. The van der Waals surface area contributed by atoms with Gasteiger partial charge in [-0.25, -0.2) is 8.78 Å². The first-order chi connectivity index (χ1) is 10.2. The van der Waals surface area contributed by atoms with Crippen molar-refractivity contribution in [3.8, 4) is 11.5 Å². The number of hydrogen-bond donors (Lipinski definition) is 1. The normalized spacial score (nSPS) is 16.2. The molecule has 0 amide bonds. The van der Waals surface area contributed by atoms with Crippen LogP contribution in [-0.2, 0) is 0 Å². The van der Waals surface area contributed by atoms with Crippen molar-refractivity contribution in [2.45, 2.75) is 19.4 Å². The number of methoxy groups -OCH3 is 1. The number of rotatable bonds is 6. The smallest absolute Gasteiger partial charge is 0.258 e. The standard InChI is InChI=1S/C15H22F2N2O2.2ClH/c1-3-21-12-5-4-11(10-13(12)20-2)14(15(16)17)19-8-6-18-7-9-19;;/h4-5,10,14-15,18H,3,6-9H2,1-2H3;2*1H/t14-;;/m0../s1. The van der Waals surface area contributed by atoms with Crippen molar-refractivity contribution >= 4 is 24.8 Å². The number of alkyl halides is 2. The van der Waals surface area contributed by atoms with E-state index in [-0.39, 0.29) is 24.8 Å². The molecule has 1 aromatic rings. The zero-order valence-corrected chi connectivity index (χ0v) is 14.9. The van der Waals surface area contributed by atoms with Gasteiger partial charge in [0.2, 0.25) is 0 Å². The van der Waals surface area contributed by atoms with Gasteiger partial charge in [0.05, 0.1) is 19.8 Å². The van der Waals surface area contributed by atoms with Crippen LogP contribution in [0.25, 0.3) is 0 Å². The van der Waals surface area contributed by atoms with E-state index in [2.05, 4.69) is 5.32 Å². The van der Waals surface area contributed by atoms with E-state index in [9.17, 15) is 8.78 Å². The Labute approximate surface area is 148 Å². The van der Waals surface area contributed by atoms with Gasteiger partial charge in [-0.05, 0) is 24.6 Å². The minimum atomic E-state index is -2.44. The predicted octanol–water partition coefficient (Wildman–Crippen LogP) is 3.15. The maximum atomic E-state index is 13.5. The Bertz CT molecular complexity index is 461. The van der Waals surface area contributed by atoms with Crippen molar-refractivity contribution in [2.24, 2.45) is 0 Å². The van der Waals surface area contributed by atoms with Gasteiger partial charge in [-0.15, -0.1) is 24.8 Å². The maximum absolute atomic E-state index is 13.5. The Morgan fingerprint density at radius 1 is 1.17 bits per heavy atom. The van der Waals surface area contributed by atoms with Crippen LogP contribution in [0.15, 0.2) is 18.2 Å². The Morgan fingerprint density at radius 3 is 2.35 bits per heavy atom. The van der Waals surface area contributed by atoms with Gasteiger partial charge in [0.15, 0.2) is 11.5 Å². The first-order valence-corrected chi connectivity index (χ1v) is 7.21. The molecule has 1 aliphatic heterocycles. The molecule has 23 heavy (non-hydrogen) atoms. The van der Waals surface area contributed by atoms with E-state index in [4.69, 9.17) is 9.47 Å². The molecule has 0 aliphatic carbocycles. The summed E-state index contributed by atoms with van der Waals surface area (Å²) in [7, 11) is 1.52. The minimum Gasteiger partial charge on any atom is -0.493 e. The second-order valence-electron chi connectivity index (χ2n) is 4.91. The van der Waals surface area contributed by atoms with Gasteiger partial charge in [0.25, 0.3) is 6.43 Å². The number of nitrogens with zero attached hydrogens (tertiary/aromatic N) is 1. The van der Waals surface area contributed by atoms with Crippen LogP contribution >= 0.6 is 24.8 Å². The average molecular weight is 373 g/mol. The lowest BCUT2D eigenvalue weighted by Crippen LogP contribution is -2.46. The maximum Gasteiger partial charge on any atom is 0.258 e. The fourth-order valence-electron chi connectivity index (χ4n) is 2.62. The molecule has 0 saturated carbocycles. The zero-order valence-electron chi connectivity index (χ0n) is 13.3. The molecule has 1 fully saturated rings. The predicted molar refractivity (Wildman–Crippen MR) is 91.8 cm³/mol. The molecule has 0 unspecified atom stereocenters. The van der Waals surface area contributed by atoms with E-state index in [0.29, 0.717) is 36.8 Å². The lowest BCUT2D eigenvalue weighted by molar-refractivity contribution is 0.0180. The molecule has 2 rings (SSSR count). The fourth-order valence-corrected chi connectivity index (χ4v) is 2.62.